The molecule has 0 saturated heterocycles. The highest BCUT2D eigenvalue weighted by molar-refractivity contribution is 9.10. The maximum absolute atomic E-state index is 11.9. The largest absolute Gasteiger partial charge is 0.482 e. The van der Waals surface area contributed by atoms with Crippen LogP contribution < -0.4 is 10.1 Å². The summed E-state index contributed by atoms with van der Waals surface area (Å²) >= 11 is 15.3. The van der Waals surface area contributed by atoms with Crippen molar-refractivity contribution in [3.63, 3.8) is 0 Å². The zero-order valence-electron chi connectivity index (χ0n) is 11.1. The minimum absolute atomic E-state index is 0.130. The maximum Gasteiger partial charge on any atom is 0.262 e. The molecular formula is C15H12BrCl2NO2. The average molecular weight is 389 g/mol. The molecule has 0 aliphatic heterocycles. The van der Waals surface area contributed by atoms with Crippen molar-refractivity contribution < 1.29 is 9.53 Å². The van der Waals surface area contributed by atoms with Crippen LogP contribution in [0.15, 0.2) is 40.9 Å². The Morgan fingerprint density at radius 3 is 2.71 bits per heavy atom. The van der Waals surface area contributed by atoms with E-state index in [1.165, 1.54) is 0 Å². The lowest BCUT2D eigenvalue weighted by molar-refractivity contribution is -0.118. The Morgan fingerprint density at radius 2 is 2.05 bits per heavy atom. The fourth-order valence-corrected chi connectivity index (χ4v) is 2.99. The number of ether oxygens (including phenoxy) is 1. The SMILES string of the molecule is Cc1cc(Br)cc(Cl)c1OCC(=O)Nc1cccc(Cl)c1. The first kappa shape index (κ1) is 16.1. The summed E-state index contributed by atoms with van der Waals surface area (Å²) in [6.07, 6.45) is 0. The van der Waals surface area contributed by atoms with E-state index in [0.717, 1.165) is 10.0 Å². The van der Waals surface area contributed by atoms with Gasteiger partial charge in [0, 0.05) is 15.2 Å². The van der Waals surface area contributed by atoms with E-state index in [1.54, 1.807) is 30.3 Å². The van der Waals surface area contributed by atoms with Crippen molar-refractivity contribution in [3.05, 3.63) is 56.5 Å². The first-order valence-electron chi connectivity index (χ1n) is 6.09. The van der Waals surface area contributed by atoms with Gasteiger partial charge in [-0.3, -0.25) is 4.79 Å². The second-order valence-electron chi connectivity index (χ2n) is 4.38. The number of benzene rings is 2. The number of rotatable bonds is 4. The molecule has 2 rings (SSSR count). The number of aryl methyl sites for hydroxylation is 1. The zero-order valence-corrected chi connectivity index (χ0v) is 14.2. The van der Waals surface area contributed by atoms with Crippen LogP contribution in [0.1, 0.15) is 5.56 Å². The molecule has 0 unspecified atom stereocenters. The molecule has 110 valence electrons. The van der Waals surface area contributed by atoms with Gasteiger partial charge in [-0.05, 0) is 42.8 Å². The molecule has 21 heavy (non-hydrogen) atoms. The number of amides is 1. The molecule has 1 amide bonds. The summed E-state index contributed by atoms with van der Waals surface area (Å²) in [5, 5.41) is 3.71. The highest BCUT2D eigenvalue weighted by atomic mass is 79.9. The lowest BCUT2D eigenvalue weighted by Gasteiger charge is -2.11. The molecule has 0 aliphatic rings. The Kier molecular flexibility index (Phi) is 5.51. The molecule has 0 atom stereocenters. The molecule has 0 radical (unpaired) electrons. The lowest BCUT2D eigenvalue weighted by atomic mass is 10.2. The number of hydrogen-bond acceptors (Lipinski definition) is 2. The predicted octanol–water partition coefficient (Wildman–Crippen LogP) is 5.08. The van der Waals surface area contributed by atoms with Crippen LogP contribution in [-0.4, -0.2) is 12.5 Å². The molecule has 6 heteroatoms. The van der Waals surface area contributed by atoms with E-state index in [0.29, 0.717) is 21.5 Å². The van der Waals surface area contributed by atoms with Gasteiger partial charge >= 0.3 is 0 Å². The van der Waals surface area contributed by atoms with E-state index in [9.17, 15) is 4.79 Å². The van der Waals surface area contributed by atoms with E-state index in [4.69, 9.17) is 27.9 Å². The van der Waals surface area contributed by atoms with Crippen LogP contribution >= 0.6 is 39.1 Å². The third-order valence-electron chi connectivity index (χ3n) is 2.65. The minimum atomic E-state index is -0.282. The van der Waals surface area contributed by atoms with Gasteiger partial charge in [-0.25, -0.2) is 0 Å². The first-order valence-corrected chi connectivity index (χ1v) is 7.64. The van der Waals surface area contributed by atoms with Crippen molar-refractivity contribution >= 4 is 50.7 Å². The van der Waals surface area contributed by atoms with Gasteiger partial charge in [0.25, 0.3) is 5.91 Å². The van der Waals surface area contributed by atoms with Crippen LogP contribution in [0, 0.1) is 6.92 Å². The van der Waals surface area contributed by atoms with Gasteiger partial charge in [-0.2, -0.15) is 0 Å². The molecule has 0 heterocycles. The van der Waals surface area contributed by atoms with Crippen molar-refractivity contribution in [3.8, 4) is 5.75 Å². The number of anilines is 1. The smallest absolute Gasteiger partial charge is 0.262 e. The Hall–Kier alpha value is -1.23. The standard InChI is InChI=1S/C15H12BrCl2NO2/c1-9-5-10(16)6-13(18)15(9)21-8-14(20)19-12-4-2-3-11(17)7-12/h2-7H,8H2,1H3,(H,19,20). The Labute approximate surface area is 141 Å². The van der Waals surface area contributed by atoms with Crippen LogP contribution in [0.2, 0.25) is 10.0 Å². The van der Waals surface area contributed by atoms with E-state index in [-0.39, 0.29) is 12.5 Å². The summed E-state index contributed by atoms with van der Waals surface area (Å²) in [6, 6.07) is 10.5. The molecule has 2 aromatic carbocycles. The van der Waals surface area contributed by atoms with Gasteiger partial charge in [0.15, 0.2) is 6.61 Å². The van der Waals surface area contributed by atoms with E-state index in [2.05, 4.69) is 21.2 Å². The molecule has 3 nitrogen and oxygen atoms in total. The molecule has 0 fully saturated rings. The fourth-order valence-electron chi connectivity index (χ4n) is 1.77. The normalized spacial score (nSPS) is 10.3. The second-order valence-corrected chi connectivity index (χ2v) is 6.14. The number of halogens is 3. The van der Waals surface area contributed by atoms with Crippen LogP contribution in [0.5, 0.6) is 5.75 Å². The number of carbonyl (C=O) groups is 1. The summed E-state index contributed by atoms with van der Waals surface area (Å²) in [7, 11) is 0. The van der Waals surface area contributed by atoms with Crippen LogP contribution in [-0.2, 0) is 4.79 Å². The summed E-state index contributed by atoms with van der Waals surface area (Å²) in [4.78, 5) is 11.9. The fraction of sp³-hybridized carbons (Fsp3) is 0.133. The van der Waals surface area contributed by atoms with E-state index >= 15 is 0 Å². The topological polar surface area (TPSA) is 38.3 Å². The Balaban J connectivity index is 1.99. The lowest BCUT2D eigenvalue weighted by Crippen LogP contribution is -2.20. The van der Waals surface area contributed by atoms with Gasteiger partial charge in [-0.1, -0.05) is 45.2 Å². The monoisotopic (exact) mass is 387 g/mol. The van der Waals surface area contributed by atoms with Crippen LogP contribution in [0.25, 0.3) is 0 Å². The van der Waals surface area contributed by atoms with Gasteiger partial charge in [0.05, 0.1) is 5.02 Å². The van der Waals surface area contributed by atoms with Crippen molar-refractivity contribution in [1.29, 1.82) is 0 Å². The number of hydrogen-bond donors (Lipinski definition) is 1. The highest BCUT2D eigenvalue weighted by Crippen LogP contribution is 2.31. The third kappa shape index (κ3) is 4.63. The van der Waals surface area contributed by atoms with Gasteiger partial charge in [0.1, 0.15) is 5.75 Å². The van der Waals surface area contributed by atoms with Crippen molar-refractivity contribution in [2.75, 3.05) is 11.9 Å². The van der Waals surface area contributed by atoms with Gasteiger partial charge < -0.3 is 10.1 Å². The second kappa shape index (κ2) is 7.16. The summed E-state index contributed by atoms with van der Waals surface area (Å²) < 4.78 is 6.35. The van der Waals surface area contributed by atoms with Crippen LogP contribution in [0.3, 0.4) is 0 Å². The molecule has 0 spiro atoms. The number of nitrogens with one attached hydrogen (secondary N) is 1. The minimum Gasteiger partial charge on any atom is -0.482 e. The highest BCUT2D eigenvalue weighted by Gasteiger charge is 2.10. The van der Waals surface area contributed by atoms with Gasteiger partial charge in [0.2, 0.25) is 0 Å². The molecule has 0 bridgehead atoms. The number of carbonyl (C=O) groups excluding carboxylic acids is 1. The summed E-state index contributed by atoms with van der Waals surface area (Å²) in [5.41, 5.74) is 1.47. The summed E-state index contributed by atoms with van der Waals surface area (Å²) in [6.45, 7) is 1.73. The van der Waals surface area contributed by atoms with E-state index in [1.807, 2.05) is 13.0 Å². The van der Waals surface area contributed by atoms with Crippen LogP contribution in [0.4, 0.5) is 5.69 Å². The third-order valence-corrected chi connectivity index (χ3v) is 3.62. The molecule has 0 aliphatic carbocycles. The predicted molar refractivity (Wildman–Crippen MR) is 89.5 cm³/mol. The molecule has 1 N–H and O–H groups in total. The zero-order chi connectivity index (χ0) is 15.4. The Morgan fingerprint density at radius 1 is 1.29 bits per heavy atom. The molecular weight excluding hydrogens is 377 g/mol. The van der Waals surface area contributed by atoms with E-state index < -0.39 is 0 Å². The first-order chi connectivity index (χ1) is 9.95. The van der Waals surface area contributed by atoms with Gasteiger partial charge in [-0.15, -0.1) is 0 Å². The van der Waals surface area contributed by atoms with Crippen molar-refractivity contribution in [2.45, 2.75) is 6.92 Å². The van der Waals surface area contributed by atoms with Crippen molar-refractivity contribution in [1.82, 2.24) is 0 Å². The van der Waals surface area contributed by atoms with Crippen molar-refractivity contribution in [2.24, 2.45) is 0 Å². The Bertz CT molecular complexity index is 653. The maximum atomic E-state index is 11.9. The molecule has 0 saturated carbocycles. The quantitative estimate of drug-likeness (QED) is 0.792. The average Bonchev–Trinajstić information content (AvgIpc) is 2.37. The summed E-state index contributed by atoms with van der Waals surface area (Å²) in [5.74, 6) is 0.219. The molecule has 2 aromatic rings. The molecule has 0 aromatic heterocycles.